The second kappa shape index (κ2) is 14.7. The maximum absolute atomic E-state index is 9.82. The molecule has 3 heteroatoms. The molecule has 0 saturated carbocycles. The van der Waals surface area contributed by atoms with Gasteiger partial charge in [0.1, 0.15) is 0 Å². The third kappa shape index (κ3) is 24.5. The van der Waals surface area contributed by atoms with Crippen LogP contribution in [0.4, 0.5) is 0 Å². The lowest BCUT2D eigenvalue weighted by atomic mass is 10.4. The molecular weight excluding hydrogens is 190 g/mol. The van der Waals surface area contributed by atoms with Gasteiger partial charge in [0, 0.05) is 13.8 Å². The standard InChI is InChI=1S/C6H6.C4H8O2.C2H3N/c1-2-4-6-5-3-1;1-3-6-4(2)5;1-2-3/h1-6H;3H2,1-2H3;1H3. The van der Waals surface area contributed by atoms with Gasteiger partial charge in [0.25, 0.3) is 0 Å². The molecule has 0 unspecified atom stereocenters. The monoisotopic (exact) mass is 207 g/mol. The van der Waals surface area contributed by atoms with Crippen molar-refractivity contribution in [1.29, 1.82) is 5.26 Å². The summed E-state index contributed by atoms with van der Waals surface area (Å²) in [7, 11) is 0. The Kier molecular flexibility index (Phi) is 15.3. The van der Waals surface area contributed by atoms with Crippen LogP contribution in [0.25, 0.3) is 0 Å². The molecule has 0 atom stereocenters. The number of carbonyl (C=O) groups is 1. The topological polar surface area (TPSA) is 50.1 Å². The molecule has 0 heterocycles. The van der Waals surface area contributed by atoms with Crippen molar-refractivity contribution in [2.45, 2.75) is 20.8 Å². The molecule has 82 valence electrons. The van der Waals surface area contributed by atoms with E-state index in [1.807, 2.05) is 36.4 Å². The highest BCUT2D eigenvalue weighted by molar-refractivity contribution is 5.65. The summed E-state index contributed by atoms with van der Waals surface area (Å²) < 4.78 is 4.40. The van der Waals surface area contributed by atoms with E-state index in [2.05, 4.69) is 4.74 Å². The first-order valence-electron chi connectivity index (χ1n) is 4.63. The first-order chi connectivity index (χ1) is 7.18. The van der Waals surface area contributed by atoms with Crippen LogP contribution in [0.15, 0.2) is 36.4 Å². The van der Waals surface area contributed by atoms with Crippen LogP contribution in [0, 0.1) is 11.3 Å². The van der Waals surface area contributed by atoms with E-state index in [0.29, 0.717) is 6.61 Å². The predicted octanol–water partition coefficient (Wildman–Crippen LogP) is 2.79. The zero-order valence-electron chi connectivity index (χ0n) is 9.43. The average Bonchev–Trinajstić information content (AvgIpc) is 2.22. The van der Waals surface area contributed by atoms with Crippen LogP contribution in [-0.2, 0) is 9.53 Å². The maximum atomic E-state index is 9.82. The number of rotatable bonds is 1. The van der Waals surface area contributed by atoms with Crippen molar-refractivity contribution in [2.24, 2.45) is 0 Å². The van der Waals surface area contributed by atoms with E-state index < -0.39 is 0 Å². The SMILES string of the molecule is CC#N.CCOC(C)=O.c1ccccc1. The summed E-state index contributed by atoms with van der Waals surface area (Å²) >= 11 is 0. The lowest BCUT2D eigenvalue weighted by Crippen LogP contribution is -1.95. The Hall–Kier alpha value is -1.82. The Balaban J connectivity index is 0. The molecule has 0 saturated heterocycles. The van der Waals surface area contributed by atoms with Crippen LogP contribution < -0.4 is 0 Å². The van der Waals surface area contributed by atoms with E-state index >= 15 is 0 Å². The molecule has 0 spiro atoms. The zero-order valence-corrected chi connectivity index (χ0v) is 9.43. The highest BCUT2D eigenvalue weighted by atomic mass is 16.5. The van der Waals surface area contributed by atoms with Gasteiger partial charge in [-0.15, -0.1) is 0 Å². The summed E-state index contributed by atoms with van der Waals surface area (Å²) in [4.78, 5) is 9.82. The smallest absolute Gasteiger partial charge is 0.302 e. The Morgan fingerprint density at radius 1 is 1.20 bits per heavy atom. The Morgan fingerprint density at radius 3 is 1.53 bits per heavy atom. The van der Waals surface area contributed by atoms with Gasteiger partial charge in [-0.1, -0.05) is 36.4 Å². The van der Waals surface area contributed by atoms with Crippen LogP contribution in [0.5, 0.6) is 0 Å². The Morgan fingerprint density at radius 2 is 1.47 bits per heavy atom. The fourth-order valence-electron chi connectivity index (χ4n) is 0.588. The molecule has 0 aliphatic heterocycles. The van der Waals surface area contributed by atoms with Gasteiger partial charge in [0.2, 0.25) is 0 Å². The molecule has 1 aromatic carbocycles. The van der Waals surface area contributed by atoms with Crippen LogP contribution in [0.2, 0.25) is 0 Å². The van der Waals surface area contributed by atoms with Crippen molar-refractivity contribution < 1.29 is 9.53 Å². The largest absolute Gasteiger partial charge is 0.466 e. The predicted molar refractivity (Wildman–Crippen MR) is 60.0 cm³/mol. The van der Waals surface area contributed by atoms with Gasteiger partial charge >= 0.3 is 5.97 Å². The minimum absolute atomic E-state index is 0.211. The van der Waals surface area contributed by atoms with Gasteiger partial charge < -0.3 is 4.74 Å². The first-order valence-corrected chi connectivity index (χ1v) is 4.63. The van der Waals surface area contributed by atoms with Gasteiger partial charge in [0.05, 0.1) is 12.7 Å². The summed E-state index contributed by atoms with van der Waals surface area (Å²) in [5.74, 6) is -0.211. The van der Waals surface area contributed by atoms with Crippen molar-refractivity contribution >= 4 is 5.97 Å². The summed E-state index contributed by atoms with van der Waals surface area (Å²) in [5.41, 5.74) is 0. The van der Waals surface area contributed by atoms with Gasteiger partial charge in [-0.3, -0.25) is 4.79 Å². The molecule has 0 radical (unpaired) electrons. The molecular formula is C12H17NO2. The van der Waals surface area contributed by atoms with Crippen molar-refractivity contribution in [3.8, 4) is 6.07 Å². The van der Waals surface area contributed by atoms with E-state index in [-0.39, 0.29) is 5.97 Å². The molecule has 0 amide bonds. The van der Waals surface area contributed by atoms with E-state index in [9.17, 15) is 4.79 Å². The number of nitrogens with zero attached hydrogens (tertiary/aromatic N) is 1. The van der Waals surface area contributed by atoms with Gasteiger partial charge in [-0.2, -0.15) is 5.26 Å². The Labute approximate surface area is 91.3 Å². The number of hydrogen-bond acceptors (Lipinski definition) is 3. The molecule has 0 aromatic heterocycles. The Bertz CT molecular complexity index is 238. The number of carbonyl (C=O) groups excluding carboxylic acids is 1. The normalized spacial score (nSPS) is 6.80. The number of ether oxygens (including phenoxy) is 1. The minimum atomic E-state index is -0.211. The van der Waals surface area contributed by atoms with Crippen molar-refractivity contribution in [3.05, 3.63) is 36.4 Å². The van der Waals surface area contributed by atoms with Crippen LogP contribution in [0.3, 0.4) is 0 Å². The fraction of sp³-hybridized carbons (Fsp3) is 0.333. The number of esters is 1. The lowest BCUT2D eigenvalue weighted by molar-refractivity contribution is -0.140. The van der Waals surface area contributed by atoms with Crippen molar-refractivity contribution in [2.75, 3.05) is 6.61 Å². The molecule has 3 nitrogen and oxygen atoms in total. The van der Waals surface area contributed by atoms with Crippen molar-refractivity contribution in [3.63, 3.8) is 0 Å². The summed E-state index contributed by atoms with van der Waals surface area (Å²) in [6.45, 7) is 5.08. The molecule has 0 bridgehead atoms. The fourth-order valence-corrected chi connectivity index (χ4v) is 0.588. The quantitative estimate of drug-likeness (QED) is 0.665. The lowest BCUT2D eigenvalue weighted by Gasteiger charge is -1.89. The molecule has 0 N–H and O–H groups in total. The molecule has 0 aliphatic rings. The van der Waals surface area contributed by atoms with E-state index in [1.54, 1.807) is 13.0 Å². The van der Waals surface area contributed by atoms with Crippen molar-refractivity contribution in [1.82, 2.24) is 0 Å². The van der Waals surface area contributed by atoms with E-state index in [0.717, 1.165) is 0 Å². The van der Waals surface area contributed by atoms with Crippen LogP contribution >= 0.6 is 0 Å². The number of hydrogen-bond donors (Lipinski definition) is 0. The van der Waals surface area contributed by atoms with Crippen LogP contribution in [0.1, 0.15) is 20.8 Å². The van der Waals surface area contributed by atoms with Gasteiger partial charge in [-0.05, 0) is 6.92 Å². The zero-order chi connectivity index (χ0) is 11.9. The van der Waals surface area contributed by atoms with Gasteiger partial charge in [-0.25, -0.2) is 0 Å². The maximum Gasteiger partial charge on any atom is 0.302 e. The van der Waals surface area contributed by atoms with Gasteiger partial charge in [0.15, 0.2) is 0 Å². The first kappa shape index (κ1) is 15.6. The minimum Gasteiger partial charge on any atom is -0.466 e. The third-order valence-corrected chi connectivity index (χ3v) is 1.01. The molecule has 0 fully saturated rings. The van der Waals surface area contributed by atoms with E-state index in [4.69, 9.17) is 5.26 Å². The highest BCUT2D eigenvalue weighted by Crippen LogP contribution is 1.79. The second-order valence-corrected chi connectivity index (χ2v) is 2.30. The number of benzene rings is 1. The molecule has 1 aromatic rings. The molecule has 1 rings (SSSR count). The summed E-state index contributed by atoms with van der Waals surface area (Å²) in [5, 5.41) is 7.32. The van der Waals surface area contributed by atoms with Crippen LogP contribution in [-0.4, -0.2) is 12.6 Å². The summed E-state index contributed by atoms with van der Waals surface area (Å²) in [6.07, 6.45) is 0. The van der Waals surface area contributed by atoms with E-state index in [1.165, 1.54) is 13.8 Å². The second-order valence-electron chi connectivity index (χ2n) is 2.30. The number of nitriles is 1. The highest BCUT2D eigenvalue weighted by Gasteiger charge is 1.81. The average molecular weight is 207 g/mol. The molecule has 15 heavy (non-hydrogen) atoms. The third-order valence-electron chi connectivity index (χ3n) is 1.01. The molecule has 0 aliphatic carbocycles. The summed E-state index contributed by atoms with van der Waals surface area (Å²) in [6, 6.07) is 13.8.